The van der Waals surface area contributed by atoms with Crippen molar-refractivity contribution in [1.29, 1.82) is 0 Å². The maximum absolute atomic E-state index is 12.2. The molecule has 2 aromatic heterocycles. The van der Waals surface area contributed by atoms with Crippen LogP contribution in [0.1, 0.15) is 111 Å². The molecule has 0 aliphatic heterocycles. The second-order valence-electron chi connectivity index (χ2n) is 13.8. The van der Waals surface area contributed by atoms with Crippen LogP contribution in [-0.2, 0) is 12.8 Å². The van der Waals surface area contributed by atoms with Gasteiger partial charge in [0.2, 0.25) is 5.91 Å². The topological polar surface area (TPSA) is 85.9 Å². The number of rotatable bonds is 4. The van der Waals surface area contributed by atoms with Gasteiger partial charge in [-0.1, -0.05) is 82.3 Å². The molecule has 2 aliphatic carbocycles. The van der Waals surface area contributed by atoms with Gasteiger partial charge in [0.05, 0.1) is 0 Å². The van der Waals surface area contributed by atoms with Gasteiger partial charge in [0.15, 0.2) is 5.78 Å². The Kier molecular flexibility index (Phi) is 12.1. The van der Waals surface area contributed by atoms with Crippen molar-refractivity contribution in [3.63, 3.8) is 0 Å². The molecule has 0 radical (unpaired) electrons. The molecular weight excluding hydrogens is 663 g/mol. The number of Topliss-reactive ketones (excluding diaryl/α,β-unsaturated/α-hetero) is 1. The number of nitrogens with zero attached hydrogens (tertiary/aromatic N) is 2. The van der Waals surface area contributed by atoms with E-state index in [1.54, 1.807) is 6.92 Å². The van der Waals surface area contributed by atoms with E-state index in [0.717, 1.165) is 57.6 Å². The van der Waals surface area contributed by atoms with E-state index in [1.807, 2.05) is 72.1 Å². The summed E-state index contributed by atoms with van der Waals surface area (Å²) < 4.78 is 0. The number of hydrogen-bond acceptors (Lipinski definition) is 4. The predicted molar refractivity (Wildman–Crippen MR) is 225 cm³/mol. The normalized spacial score (nSPS) is 11.3. The Morgan fingerprint density at radius 3 is 1.57 bits per heavy atom. The van der Waals surface area contributed by atoms with Crippen molar-refractivity contribution in [2.45, 2.75) is 89.0 Å². The van der Waals surface area contributed by atoms with Crippen LogP contribution in [0.2, 0.25) is 0 Å². The van der Waals surface area contributed by atoms with Crippen molar-refractivity contribution in [1.82, 2.24) is 9.97 Å². The SMILES string of the molecule is CC.CC.CC(=O)c1ccc(-c2cccc(C)c2C)c2c1Cc1cnc(C)cc1-2.Cc1cc2c(cn1)-c1c(-c3cccc(C)c3C)ccc(C(N)=O)c1C2. The Morgan fingerprint density at radius 1 is 0.537 bits per heavy atom. The van der Waals surface area contributed by atoms with Gasteiger partial charge in [-0.3, -0.25) is 19.6 Å². The van der Waals surface area contributed by atoms with E-state index < -0.39 is 0 Å². The van der Waals surface area contributed by atoms with Gasteiger partial charge < -0.3 is 5.73 Å². The number of fused-ring (bicyclic) bond motifs is 6. The van der Waals surface area contributed by atoms with Gasteiger partial charge in [-0.25, -0.2) is 0 Å². The minimum atomic E-state index is -0.374. The zero-order chi connectivity index (χ0) is 39.4. The molecule has 6 aromatic rings. The van der Waals surface area contributed by atoms with Crippen LogP contribution >= 0.6 is 0 Å². The molecule has 0 fully saturated rings. The molecule has 0 unspecified atom stereocenters. The molecule has 1 amide bonds. The van der Waals surface area contributed by atoms with Crippen molar-refractivity contribution in [3.8, 4) is 44.5 Å². The van der Waals surface area contributed by atoms with Crippen LogP contribution in [0, 0.1) is 41.5 Å². The second kappa shape index (κ2) is 16.6. The Labute approximate surface area is 321 Å². The summed E-state index contributed by atoms with van der Waals surface area (Å²) in [5, 5.41) is 0. The van der Waals surface area contributed by atoms with E-state index in [1.165, 1.54) is 61.2 Å². The summed E-state index contributed by atoms with van der Waals surface area (Å²) in [5.74, 6) is -0.248. The summed E-state index contributed by atoms with van der Waals surface area (Å²) in [6, 6.07) is 25.0. The van der Waals surface area contributed by atoms with Gasteiger partial charge in [0.25, 0.3) is 0 Å². The number of primary amides is 1. The van der Waals surface area contributed by atoms with Gasteiger partial charge in [-0.05, 0) is 157 Å². The average molecular weight is 716 g/mol. The molecule has 8 rings (SSSR count). The summed E-state index contributed by atoms with van der Waals surface area (Å²) in [6.07, 6.45) is 5.40. The molecule has 2 heterocycles. The van der Waals surface area contributed by atoms with E-state index in [9.17, 15) is 9.59 Å². The van der Waals surface area contributed by atoms with Crippen molar-refractivity contribution in [3.05, 3.63) is 152 Å². The molecule has 0 saturated heterocycles. The number of amides is 1. The molecule has 0 spiro atoms. The Balaban J connectivity index is 0.000000190. The number of carbonyl (C=O) groups is 2. The fourth-order valence-electron chi connectivity index (χ4n) is 7.70. The highest BCUT2D eigenvalue weighted by atomic mass is 16.1. The molecule has 0 atom stereocenters. The van der Waals surface area contributed by atoms with Gasteiger partial charge in [0.1, 0.15) is 0 Å². The number of aryl methyl sites for hydroxylation is 4. The van der Waals surface area contributed by atoms with E-state index in [0.29, 0.717) is 5.56 Å². The fraction of sp³-hybridized carbons (Fsp3) is 0.265. The Bertz CT molecular complexity index is 2400. The van der Waals surface area contributed by atoms with Crippen LogP contribution in [0.5, 0.6) is 0 Å². The quantitative estimate of drug-likeness (QED) is 0.184. The van der Waals surface area contributed by atoms with Crippen molar-refractivity contribution in [2.75, 3.05) is 0 Å². The zero-order valence-corrected chi connectivity index (χ0v) is 33.8. The van der Waals surface area contributed by atoms with Crippen LogP contribution in [0.4, 0.5) is 0 Å². The minimum Gasteiger partial charge on any atom is -0.366 e. The van der Waals surface area contributed by atoms with Crippen LogP contribution in [0.15, 0.2) is 85.2 Å². The van der Waals surface area contributed by atoms with E-state index in [2.05, 4.69) is 92.3 Å². The number of benzene rings is 4. The summed E-state index contributed by atoms with van der Waals surface area (Å²) >= 11 is 0. The van der Waals surface area contributed by atoms with Crippen LogP contribution in [0.25, 0.3) is 44.5 Å². The first kappa shape index (κ1) is 39.5. The first-order valence-electron chi connectivity index (χ1n) is 19.1. The number of nitrogens with two attached hydrogens (primary N) is 1. The highest BCUT2D eigenvalue weighted by molar-refractivity contribution is 6.03. The molecule has 276 valence electrons. The first-order chi connectivity index (χ1) is 25.9. The average Bonchev–Trinajstić information content (AvgIpc) is 3.73. The molecule has 0 bridgehead atoms. The zero-order valence-electron chi connectivity index (χ0n) is 33.8. The highest BCUT2D eigenvalue weighted by Crippen LogP contribution is 2.47. The second-order valence-corrected chi connectivity index (χ2v) is 13.8. The summed E-state index contributed by atoms with van der Waals surface area (Å²) in [5.41, 5.74) is 28.2. The number of ketones is 1. The third-order valence-electron chi connectivity index (χ3n) is 10.6. The molecular formula is C49H53N3O2. The number of aromatic nitrogens is 2. The number of hydrogen-bond donors (Lipinski definition) is 1. The Hall–Kier alpha value is -5.68. The van der Waals surface area contributed by atoms with Crippen molar-refractivity contribution in [2.24, 2.45) is 5.73 Å². The smallest absolute Gasteiger partial charge is 0.249 e. The third kappa shape index (κ3) is 7.28. The molecule has 5 heteroatoms. The standard InChI is InChI=1S/C23H21NO.C22H20N2O.2C2H6/c1-13-6-5-7-18(15(13)3)20-9-8-19(16(4)25)22-11-17-12-24-14(2)10-21(17)23(20)22;1-12-5-4-6-16(14(12)3)17-7-8-18(22(23)25)19-10-15-9-13(2)24-11-20(15)21(17)19;2*1-2/h5-10,12H,11H2,1-4H3;4-9,11H,10H2,1-3H3,(H2,23,25);2*1-2H3. The van der Waals surface area contributed by atoms with Crippen LogP contribution in [0.3, 0.4) is 0 Å². The van der Waals surface area contributed by atoms with Crippen LogP contribution in [-0.4, -0.2) is 21.7 Å². The lowest BCUT2D eigenvalue weighted by Gasteiger charge is -2.16. The first-order valence-corrected chi connectivity index (χ1v) is 19.1. The monoisotopic (exact) mass is 715 g/mol. The van der Waals surface area contributed by atoms with Crippen LogP contribution < -0.4 is 5.73 Å². The van der Waals surface area contributed by atoms with Crippen molar-refractivity contribution < 1.29 is 9.59 Å². The molecule has 5 nitrogen and oxygen atoms in total. The lowest BCUT2D eigenvalue weighted by molar-refractivity contribution is 0.0995. The minimum absolute atomic E-state index is 0.126. The number of pyridine rings is 2. The highest BCUT2D eigenvalue weighted by Gasteiger charge is 2.29. The van der Waals surface area contributed by atoms with Gasteiger partial charge in [0, 0.05) is 46.9 Å². The van der Waals surface area contributed by atoms with E-state index in [4.69, 9.17) is 5.73 Å². The predicted octanol–water partition coefficient (Wildman–Crippen LogP) is 11.8. The molecule has 54 heavy (non-hydrogen) atoms. The maximum Gasteiger partial charge on any atom is 0.249 e. The summed E-state index contributed by atoms with van der Waals surface area (Å²) in [7, 11) is 0. The Morgan fingerprint density at radius 2 is 1.02 bits per heavy atom. The molecule has 0 saturated carbocycles. The number of carbonyl (C=O) groups excluding carboxylic acids is 2. The van der Waals surface area contributed by atoms with Crippen molar-refractivity contribution >= 4 is 11.7 Å². The maximum atomic E-state index is 12.2. The molecule has 2 aliphatic rings. The summed E-state index contributed by atoms with van der Waals surface area (Å²) in [4.78, 5) is 33.1. The summed E-state index contributed by atoms with van der Waals surface area (Å²) in [6.45, 7) is 22.2. The molecule has 4 aromatic carbocycles. The van der Waals surface area contributed by atoms with Gasteiger partial charge in [-0.2, -0.15) is 0 Å². The third-order valence-corrected chi connectivity index (χ3v) is 10.6. The largest absolute Gasteiger partial charge is 0.366 e. The fourth-order valence-corrected chi connectivity index (χ4v) is 7.70. The van der Waals surface area contributed by atoms with Gasteiger partial charge >= 0.3 is 0 Å². The van der Waals surface area contributed by atoms with Gasteiger partial charge in [-0.15, -0.1) is 0 Å². The lowest BCUT2D eigenvalue weighted by atomic mass is 9.88. The lowest BCUT2D eigenvalue weighted by Crippen LogP contribution is -2.13. The van der Waals surface area contributed by atoms with E-state index >= 15 is 0 Å². The van der Waals surface area contributed by atoms with E-state index in [-0.39, 0.29) is 11.7 Å². The molecule has 2 N–H and O–H groups in total.